The zero-order chi connectivity index (χ0) is 11.4. The standard InChI is InChI=1S/C10H8.C6H4/c1-3-9-7-5-6-8-10(9)4-2;1-2-6-4-3-5(1)6/h1,4-8H,2H2;1-4H. The molecule has 0 saturated heterocycles. The van der Waals surface area contributed by atoms with Crippen LogP contribution in [0.15, 0.2) is 55.1 Å². The summed E-state index contributed by atoms with van der Waals surface area (Å²) in [5.41, 5.74) is 4.77. The summed E-state index contributed by atoms with van der Waals surface area (Å²) in [4.78, 5) is 0. The molecule has 1 aromatic rings. The van der Waals surface area contributed by atoms with Gasteiger partial charge in [-0.1, -0.05) is 61.0 Å². The third kappa shape index (κ3) is 1.89. The Morgan fingerprint density at radius 3 is 1.81 bits per heavy atom. The fourth-order valence-corrected chi connectivity index (χ4v) is 1.47. The third-order valence-electron chi connectivity index (χ3n) is 2.55. The van der Waals surface area contributed by atoms with Crippen molar-refractivity contribution < 1.29 is 0 Å². The molecule has 0 radical (unpaired) electrons. The summed E-state index contributed by atoms with van der Waals surface area (Å²) in [5, 5.41) is 0. The first-order chi connectivity index (χ1) is 7.85. The zero-order valence-electron chi connectivity index (χ0n) is 8.98. The lowest BCUT2D eigenvalue weighted by molar-refractivity contribution is 1.55. The van der Waals surface area contributed by atoms with Gasteiger partial charge in [-0.2, -0.15) is 0 Å². The largest absolute Gasteiger partial charge is 0.115 e. The Balaban J connectivity index is 0.000000134. The van der Waals surface area contributed by atoms with Gasteiger partial charge in [-0.3, -0.25) is 0 Å². The summed E-state index contributed by atoms with van der Waals surface area (Å²) >= 11 is 0. The van der Waals surface area contributed by atoms with Crippen LogP contribution in [0.3, 0.4) is 0 Å². The van der Waals surface area contributed by atoms with Gasteiger partial charge in [0.1, 0.15) is 0 Å². The predicted octanol–water partition coefficient (Wildman–Crippen LogP) is 3.98. The van der Waals surface area contributed by atoms with Crippen LogP contribution in [0, 0.1) is 12.3 Å². The second kappa shape index (κ2) is 4.51. The van der Waals surface area contributed by atoms with Gasteiger partial charge in [-0.25, -0.2) is 0 Å². The monoisotopic (exact) mass is 204 g/mol. The minimum atomic E-state index is 0.900. The van der Waals surface area contributed by atoms with Crippen molar-refractivity contribution in [2.75, 3.05) is 0 Å². The number of fused-ring (bicyclic) bond motifs is 1. The Bertz CT molecular complexity index is 518. The number of hydrogen-bond acceptors (Lipinski definition) is 0. The highest BCUT2D eigenvalue weighted by Gasteiger charge is 2.03. The molecule has 0 aliphatic heterocycles. The van der Waals surface area contributed by atoms with Gasteiger partial charge in [-0.05, 0) is 22.8 Å². The van der Waals surface area contributed by atoms with Crippen molar-refractivity contribution in [3.05, 3.63) is 66.2 Å². The van der Waals surface area contributed by atoms with E-state index in [0.717, 1.165) is 11.1 Å². The second-order valence-corrected chi connectivity index (χ2v) is 3.51. The highest BCUT2D eigenvalue weighted by molar-refractivity contribution is 5.75. The predicted molar refractivity (Wildman–Crippen MR) is 69.9 cm³/mol. The van der Waals surface area contributed by atoms with E-state index in [1.54, 1.807) is 6.08 Å². The van der Waals surface area contributed by atoms with Crippen LogP contribution < -0.4 is 0 Å². The number of terminal acetylenes is 1. The maximum atomic E-state index is 5.23. The fraction of sp³-hybridized carbons (Fsp3) is 0. The van der Waals surface area contributed by atoms with Gasteiger partial charge >= 0.3 is 0 Å². The van der Waals surface area contributed by atoms with Crippen LogP contribution in [-0.4, -0.2) is 0 Å². The molecule has 0 amide bonds. The zero-order valence-corrected chi connectivity index (χ0v) is 8.98. The van der Waals surface area contributed by atoms with Crippen LogP contribution in [0.25, 0.3) is 17.2 Å². The first kappa shape index (κ1) is 10.3. The van der Waals surface area contributed by atoms with Gasteiger partial charge < -0.3 is 0 Å². The summed E-state index contributed by atoms with van der Waals surface area (Å²) in [6.07, 6.45) is 6.99. The van der Waals surface area contributed by atoms with E-state index in [1.165, 1.54) is 11.1 Å². The fourth-order valence-electron chi connectivity index (χ4n) is 1.47. The van der Waals surface area contributed by atoms with Crippen LogP contribution >= 0.6 is 0 Å². The highest BCUT2D eigenvalue weighted by Crippen LogP contribution is 2.29. The van der Waals surface area contributed by atoms with Crippen molar-refractivity contribution in [1.82, 2.24) is 0 Å². The van der Waals surface area contributed by atoms with E-state index >= 15 is 0 Å². The van der Waals surface area contributed by atoms with Gasteiger partial charge in [0, 0.05) is 5.56 Å². The molecule has 0 spiro atoms. The quantitative estimate of drug-likeness (QED) is 0.526. The number of benzene rings is 2. The van der Waals surface area contributed by atoms with E-state index in [4.69, 9.17) is 6.42 Å². The summed E-state index contributed by atoms with van der Waals surface area (Å²) in [6.45, 7) is 3.64. The molecule has 0 heteroatoms. The smallest absolute Gasteiger partial charge is 0.0314 e. The minimum absolute atomic E-state index is 0.900. The van der Waals surface area contributed by atoms with E-state index in [1.807, 2.05) is 24.3 Å². The van der Waals surface area contributed by atoms with E-state index in [-0.39, 0.29) is 0 Å². The van der Waals surface area contributed by atoms with Crippen LogP contribution in [-0.2, 0) is 0 Å². The molecule has 0 saturated carbocycles. The maximum absolute atomic E-state index is 5.23. The topological polar surface area (TPSA) is 0 Å². The normalized spacial score (nSPS) is 9.44. The lowest BCUT2D eigenvalue weighted by Gasteiger charge is -2.10. The summed E-state index contributed by atoms with van der Waals surface area (Å²) < 4.78 is 0. The molecule has 76 valence electrons. The molecular weight excluding hydrogens is 192 g/mol. The summed E-state index contributed by atoms with van der Waals surface area (Å²) in [6, 6.07) is 16.2. The van der Waals surface area contributed by atoms with Crippen LogP contribution in [0.4, 0.5) is 0 Å². The average Bonchev–Trinajstić information content (AvgIpc) is 2.34. The van der Waals surface area contributed by atoms with E-state index in [0.29, 0.717) is 0 Å². The third-order valence-corrected chi connectivity index (χ3v) is 2.55. The van der Waals surface area contributed by atoms with Crippen molar-refractivity contribution in [3.8, 4) is 23.5 Å². The molecule has 2 aliphatic carbocycles. The molecule has 0 fully saturated rings. The lowest BCUT2D eigenvalue weighted by atomic mass is 9.95. The van der Waals surface area contributed by atoms with Crippen molar-refractivity contribution in [2.24, 2.45) is 0 Å². The minimum Gasteiger partial charge on any atom is -0.115 e. The summed E-state index contributed by atoms with van der Waals surface area (Å²) in [7, 11) is 0. The molecule has 1 aromatic carbocycles. The molecule has 0 bridgehead atoms. The SMILES string of the molecule is C#Cc1ccccc1C=C.c1cc2ccc1-2. The number of hydrogen-bond donors (Lipinski definition) is 0. The lowest BCUT2D eigenvalue weighted by Crippen LogP contribution is -1.85. The average molecular weight is 204 g/mol. The molecule has 0 nitrogen and oxygen atoms in total. The maximum Gasteiger partial charge on any atom is 0.0314 e. The van der Waals surface area contributed by atoms with E-state index in [9.17, 15) is 0 Å². The molecule has 0 heterocycles. The van der Waals surface area contributed by atoms with Crippen molar-refractivity contribution in [1.29, 1.82) is 0 Å². The Labute approximate surface area is 96.3 Å². The molecular formula is C16H12. The molecule has 2 aliphatic rings. The number of rotatable bonds is 1. The van der Waals surface area contributed by atoms with Crippen LogP contribution in [0.5, 0.6) is 0 Å². The van der Waals surface area contributed by atoms with Crippen LogP contribution in [0.2, 0.25) is 0 Å². The van der Waals surface area contributed by atoms with Gasteiger partial charge in [0.2, 0.25) is 0 Å². The van der Waals surface area contributed by atoms with Crippen molar-refractivity contribution in [2.45, 2.75) is 0 Å². The highest BCUT2D eigenvalue weighted by atomic mass is 14.1. The second-order valence-electron chi connectivity index (χ2n) is 3.51. The Morgan fingerprint density at radius 2 is 1.50 bits per heavy atom. The van der Waals surface area contributed by atoms with E-state index in [2.05, 4.69) is 36.8 Å². The molecule has 0 atom stereocenters. The van der Waals surface area contributed by atoms with Crippen molar-refractivity contribution >= 4 is 6.08 Å². The first-order valence-electron chi connectivity index (χ1n) is 5.13. The first-order valence-corrected chi connectivity index (χ1v) is 5.13. The van der Waals surface area contributed by atoms with Crippen LogP contribution in [0.1, 0.15) is 11.1 Å². The molecule has 3 rings (SSSR count). The Kier molecular flexibility index (Phi) is 2.89. The van der Waals surface area contributed by atoms with Gasteiger partial charge in [-0.15, -0.1) is 6.42 Å². The molecule has 16 heavy (non-hydrogen) atoms. The molecule has 0 N–H and O–H groups in total. The van der Waals surface area contributed by atoms with Gasteiger partial charge in [0.05, 0.1) is 0 Å². The Morgan fingerprint density at radius 1 is 0.938 bits per heavy atom. The van der Waals surface area contributed by atoms with Crippen molar-refractivity contribution in [3.63, 3.8) is 0 Å². The Hall–Kier alpha value is -2.26. The van der Waals surface area contributed by atoms with Gasteiger partial charge in [0.15, 0.2) is 0 Å². The molecule has 0 aromatic heterocycles. The summed E-state index contributed by atoms with van der Waals surface area (Å²) in [5.74, 6) is 2.58. The molecule has 0 unspecified atom stereocenters. The van der Waals surface area contributed by atoms with E-state index < -0.39 is 0 Å². The van der Waals surface area contributed by atoms with Gasteiger partial charge in [0.25, 0.3) is 0 Å².